The predicted octanol–water partition coefficient (Wildman–Crippen LogP) is 6.00. The fraction of sp³-hybridized carbons (Fsp3) is 0.483. The number of carbonyl (C=O) groups is 1. The maximum Gasteiger partial charge on any atom is 0.335 e. The topological polar surface area (TPSA) is 85.5 Å². The van der Waals surface area contributed by atoms with Crippen LogP contribution >= 0.6 is 0 Å². The molecule has 3 aromatic rings. The molecule has 0 amide bonds. The van der Waals surface area contributed by atoms with Crippen LogP contribution in [0.5, 0.6) is 5.75 Å². The number of ether oxygens (including phenoxy) is 1. The van der Waals surface area contributed by atoms with Crippen molar-refractivity contribution in [1.29, 1.82) is 0 Å². The van der Waals surface area contributed by atoms with E-state index < -0.39 is 5.97 Å². The molecule has 185 valence electrons. The first-order valence-corrected chi connectivity index (χ1v) is 13.6. The van der Waals surface area contributed by atoms with E-state index in [2.05, 4.69) is 36.2 Å². The van der Waals surface area contributed by atoms with Gasteiger partial charge >= 0.3 is 5.97 Å². The first-order valence-electron chi connectivity index (χ1n) is 12.9. The molecule has 1 aromatic heterocycles. The highest BCUT2D eigenvalue weighted by Crippen LogP contribution is 2.63. The normalized spacial score (nSPS) is 26.4. The molecule has 4 aliphatic rings. The zero-order valence-corrected chi connectivity index (χ0v) is 22.1. The second-order valence-corrected chi connectivity index (χ2v) is 11.5. The van der Waals surface area contributed by atoms with Gasteiger partial charge in [0.2, 0.25) is 5.82 Å². The summed E-state index contributed by atoms with van der Waals surface area (Å²) in [6.07, 6.45) is 8.35. The summed E-state index contributed by atoms with van der Waals surface area (Å²) in [7, 11) is 3.58. The summed E-state index contributed by atoms with van der Waals surface area (Å²) in [5.74, 6) is 3.49. The molecule has 4 fully saturated rings. The third-order valence-electron chi connectivity index (χ3n) is 9.07. The van der Waals surface area contributed by atoms with Crippen molar-refractivity contribution in [3.05, 3.63) is 52.1 Å². The van der Waals surface area contributed by atoms with Crippen molar-refractivity contribution in [1.82, 2.24) is 10.1 Å². The minimum atomic E-state index is -0.961. The summed E-state index contributed by atoms with van der Waals surface area (Å²) in [5, 5.41) is 13.6. The molecule has 0 aliphatic heterocycles. The van der Waals surface area contributed by atoms with Gasteiger partial charge in [-0.1, -0.05) is 5.16 Å². The molecule has 4 bridgehead atoms. The van der Waals surface area contributed by atoms with E-state index in [1.165, 1.54) is 49.7 Å². The van der Waals surface area contributed by atoms with Gasteiger partial charge < -0.3 is 14.4 Å². The molecular formula is C29H31N2O4Si. The first kappa shape index (κ1) is 23.5. The summed E-state index contributed by atoms with van der Waals surface area (Å²) in [5.41, 5.74) is 6.90. The SMILES string of the molecule is Cc1c(C)c(-c2noc(-c3ccc(C(=O)O)cc3)n2)c(C)c(C23CC4CC(CC(C4)C2)C3)c1OC[Si]. The lowest BCUT2D eigenvalue weighted by molar-refractivity contribution is -0.00653. The van der Waals surface area contributed by atoms with Crippen molar-refractivity contribution in [2.45, 2.75) is 64.7 Å². The highest BCUT2D eigenvalue weighted by atomic mass is 28.1. The van der Waals surface area contributed by atoms with E-state index in [-0.39, 0.29) is 11.0 Å². The second-order valence-electron chi connectivity index (χ2n) is 11.2. The van der Waals surface area contributed by atoms with Crippen LogP contribution in [0.25, 0.3) is 22.8 Å². The van der Waals surface area contributed by atoms with Gasteiger partial charge in [-0.05, 0) is 118 Å². The van der Waals surface area contributed by atoms with Gasteiger partial charge in [0, 0.05) is 22.1 Å². The van der Waals surface area contributed by atoms with E-state index in [1.54, 1.807) is 24.3 Å². The fourth-order valence-electron chi connectivity index (χ4n) is 7.96. The number of nitrogens with zero attached hydrogens (tertiary/aromatic N) is 2. The largest absolute Gasteiger partial charge is 0.497 e. The van der Waals surface area contributed by atoms with E-state index >= 15 is 0 Å². The minimum Gasteiger partial charge on any atom is -0.497 e. The van der Waals surface area contributed by atoms with Crippen LogP contribution in [0.2, 0.25) is 0 Å². The number of benzene rings is 2. The summed E-state index contributed by atoms with van der Waals surface area (Å²) >= 11 is 0. The van der Waals surface area contributed by atoms with Crippen LogP contribution in [-0.4, -0.2) is 37.7 Å². The summed E-state index contributed by atoms with van der Waals surface area (Å²) in [4.78, 5) is 16.0. The predicted molar refractivity (Wildman–Crippen MR) is 137 cm³/mol. The van der Waals surface area contributed by atoms with E-state index in [1.807, 2.05) is 0 Å². The molecule has 2 aromatic carbocycles. The number of rotatable bonds is 6. The first-order chi connectivity index (χ1) is 17.3. The average Bonchev–Trinajstić information content (AvgIpc) is 3.31. The molecule has 4 saturated carbocycles. The average molecular weight is 500 g/mol. The maximum atomic E-state index is 11.2. The molecule has 7 rings (SSSR count). The van der Waals surface area contributed by atoms with Crippen molar-refractivity contribution in [2.24, 2.45) is 17.8 Å². The van der Waals surface area contributed by atoms with Crippen LogP contribution in [0.15, 0.2) is 28.8 Å². The van der Waals surface area contributed by atoms with Crippen molar-refractivity contribution in [3.8, 4) is 28.6 Å². The highest BCUT2D eigenvalue weighted by Gasteiger charge is 2.53. The van der Waals surface area contributed by atoms with Crippen LogP contribution in [-0.2, 0) is 5.41 Å². The van der Waals surface area contributed by atoms with Gasteiger partial charge in [0.15, 0.2) is 0 Å². The number of carboxylic acid groups (broad SMARTS) is 1. The molecule has 0 atom stereocenters. The lowest BCUT2D eigenvalue weighted by atomic mass is 9.47. The molecule has 0 saturated heterocycles. The van der Waals surface area contributed by atoms with Gasteiger partial charge in [0.05, 0.1) is 22.0 Å². The molecule has 3 radical (unpaired) electrons. The summed E-state index contributed by atoms with van der Waals surface area (Å²) < 4.78 is 12.0. The number of hydrogen-bond acceptors (Lipinski definition) is 5. The van der Waals surface area contributed by atoms with E-state index in [4.69, 9.17) is 14.2 Å². The molecule has 1 N–H and O–H groups in total. The Morgan fingerprint density at radius 1 is 1.03 bits per heavy atom. The van der Waals surface area contributed by atoms with Crippen molar-refractivity contribution >= 4 is 16.2 Å². The van der Waals surface area contributed by atoms with Crippen LogP contribution in [0.3, 0.4) is 0 Å². The standard InChI is InChI=1S/C29H31N2O4Si/c1-15-16(2)25(34-14-36)24(29-11-18-8-19(12-29)10-20(9-18)13-29)17(3)23(15)26-30-27(35-31-26)21-4-6-22(7-5-21)28(32)33/h4-7,18-20H,8-14H2,1-3H3,(H,32,33). The number of aromatic carboxylic acids is 1. The monoisotopic (exact) mass is 499 g/mol. The minimum absolute atomic E-state index is 0.155. The Labute approximate surface area is 214 Å². The third-order valence-corrected chi connectivity index (χ3v) is 9.21. The summed E-state index contributed by atoms with van der Waals surface area (Å²) in [6.45, 7) is 6.46. The lowest BCUT2D eigenvalue weighted by Crippen LogP contribution is -2.49. The highest BCUT2D eigenvalue weighted by molar-refractivity contribution is 6.08. The van der Waals surface area contributed by atoms with E-state index in [0.29, 0.717) is 23.5 Å². The smallest absolute Gasteiger partial charge is 0.335 e. The molecular weight excluding hydrogens is 468 g/mol. The van der Waals surface area contributed by atoms with Crippen LogP contribution < -0.4 is 4.74 Å². The Balaban J connectivity index is 1.48. The van der Waals surface area contributed by atoms with Gasteiger partial charge in [-0.3, -0.25) is 0 Å². The van der Waals surface area contributed by atoms with Gasteiger partial charge in [-0.25, -0.2) is 4.79 Å². The molecule has 36 heavy (non-hydrogen) atoms. The van der Waals surface area contributed by atoms with Gasteiger partial charge in [-0.2, -0.15) is 4.98 Å². The van der Waals surface area contributed by atoms with Crippen molar-refractivity contribution in [3.63, 3.8) is 0 Å². The van der Waals surface area contributed by atoms with Crippen molar-refractivity contribution < 1.29 is 19.2 Å². The Bertz CT molecular complexity index is 1310. The third kappa shape index (κ3) is 3.62. The van der Waals surface area contributed by atoms with E-state index in [0.717, 1.165) is 40.2 Å². The Hall–Kier alpha value is -2.93. The molecule has 4 aliphatic carbocycles. The quantitative estimate of drug-likeness (QED) is 0.419. The maximum absolute atomic E-state index is 11.2. The van der Waals surface area contributed by atoms with E-state index in [9.17, 15) is 9.90 Å². The molecule has 7 heteroatoms. The van der Waals surface area contributed by atoms with Gasteiger partial charge in [0.1, 0.15) is 5.75 Å². The second kappa shape index (κ2) is 8.58. The van der Waals surface area contributed by atoms with Gasteiger partial charge in [-0.15, -0.1) is 0 Å². The molecule has 0 unspecified atom stereocenters. The Morgan fingerprint density at radius 3 is 2.19 bits per heavy atom. The van der Waals surface area contributed by atoms with Crippen LogP contribution in [0, 0.1) is 38.5 Å². The Kier molecular flexibility index (Phi) is 5.59. The van der Waals surface area contributed by atoms with Crippen LogP contribution in [0.4, 0.5) is 0 Å². The zero-order chi connectivity index (χ0) is 25.2. The Morgan fingerprint density at radius 2 is 1.64 bits per heavy atom. The molecule has 6 nitrogen and oxygen atoms in total. The molecule has 1 heterocycles. The number of hydrogen-bond donors (Lipinski definition) is 1. The molecule has 0 spiro atoms. The van der Waals surface area contributed by atoms with Crippen LogP contribution in [0.1, 0.15) is 71.1 Å². The lowest BCUT2D eigenvalue weighted by Gasteiger charge is -2.57. The summed E-state index contributed by atoms with van der Waals surface area (Å²) in [6, 6.07) is 6.53. The van der Waals surface area contributed by atoms with Gasteiger partial charge in [0.25, 0.3) is 5.89 Å². The fourth-order valence-corrected chi connectivity index (χ4v) is 8.11. The van der Waals surface area contributed by atoms with Crippen molar-refractivity contribution in [2.75, 3.05) is 6.23 Å². The number of aromatic nitrogens is 2. The number of carboxylic acids is 1. The zero-order valence-electron chi connectivity index (χ0n) is 21.1.